The largest absolute Gasteiger partial charge is 0.478 e. The molecule has 1 N–H and O–H groups in total. The van der Waals surface area contributed by atoms with Gasteiger partial charge < -0.3 is 5.11 Å². The van der Waals surface area contributed by atoms with Gasteiger partial charge in [-0.1, -0.05) is 12.1 Å². The highest BCUT2D eigenvalue weighted by molar-refractivity contribution is 7.90. The van der Waals surface area contributed by atoms with Gasteiger partial charge in [-0.15, -0.1) is 0 Å². The lowest BCUT2D eigenvalue weighted by atomic mass is 10.2. The molecule has 17 heavy (non-hydrogen) atoms. The molecule has 1 unspecified atom stereocenters. The number of carbonyl (C=O) groups is 2. The van der Waals surface area contributed by atoms with Gasteiger partial charge in [0, 0.05) is 0 Å². The summed E-state index contributed by atoms with van der Waals surface area (Å²) in [6.45, 7) is 0. The lowest BCUT2D eigenvalue weighted by Gasteiger charge is -2.15. The van der Waals surface area contributed by atoms with Crippen molar-refractivity contribution in [2.75, 3.05) is 0 Å². The first-order valence-corrected chi connectivity index (χ1v) is 5.86. The number of carboxylic acids is 1. The number of hydrogen-bond donors (Lipinski definition) is 1. The SMILES string of the molecule is O=C(O)C(F)N1C(=O)c2ccccc2S1(=O)=O. The molecule has 0 fully saturated rings. The molecule has 2 rings (SSSR count). The number of benzene rings is 1. The topological polar surface area (TPSA) is 91.8 Å². The highest BCUT2D eigenvalue weighted by Crippen LogP contribution is 2.31. The molecule has 1 atom stereocenters. The number of fused-ring (bicyclic) bond motifs is 1. The van der Waals surface area contributed by atoms with Crippen LogP contribution in [0.5, 0.6) is 0 Å². The Kier molecular flexibility index (Phi) is 2.39. The molecule has 1 aliphatic heterocycles. The summed E-state index contributed by atoms with van der Waals surface area (Å²) in [7, 11) is -4.41. The van der Waals surface area contributed by atoms with E-state index in [1.807, 2.05) is 0 Å². The minimum absolute atomic E-state index is 0.226. The van der Waals surface area contributed by atoms with E-state index < -0.39 is 28.2 Å². The third-order valence-electron chi connectivity index (χ3n) is 2.26. The summed E-state index contributed by atoms with van der Waals surface area (Å²) in [5, 5.41) is 8.44. The molecule has 1 aromatic rings. The third-order valence-corrected chi connectivity index (χ3v) is 4.04. The third kappa shape index (κ3) is 1.48. The second-order valence-corrected chi connectivity index (χ2v) is 5.06. The highest BCUT2D eigenvalue weighted by Gasteiger charge is 2.47. The minimum atomic E-state index is -4.41. The Morgan fingerprint density at radius 3 is 2.47 bits per heavy atom. The van der Waals surface area contributed by atoms with Crippen LogP contribution in [0, 0.1) is 0 Å². The van der Waals surface area contributed by atoms with Crippen molar-refractivity contribution in [2.45, 2.75) is 11.2 Å². The summed E-state index contributed by atoms with van der Waals surface area (Å²) in [4.78, 5) is 21.7. The van der Waals surface area contributed by atoms with E-state index in [0.717, 1.165) is 6.07 Å². The number of alkyl halides is 1. The zero-order valence-electron chi connectivity index (χ0n) is 8.20. The van der Waals surface area contributed by atoms with E-state index in [0.29, 0.717) is 0 Å². The molecule has 0 aliphatic carbocycles. The van der Waals surface area contributed by atoms with Gasteiger partial charge >= 0.3 is 5.97 Å². The molecule has 0 radical (unpaired) electrons. The Morgan fingerprint density at radius 2 is 1.94 bits per heavy atom. The van der Waals surface area contributed by atoms with Crippen LogP contribution in [0.4, 0.5) is 4.39 Å². The lowest BCUT2D eigenvalue weighted by molar-refractivity contribution is -0.146. The average molecular weight is 259 g/mol. The second-order valence-electron chi connectivity index (χ2n) is 3.28. The van der Waals surface area contributed by atoms with Crippen molar-refractivity contribution in [1.82, 2.24) is 4.31 Å². The first-order chi connectivity index (χ1) is 7.87. The van der Waals surface area contributed by atoms with Crippen LogP contribution in [-0.4, -0.2) is 36.0 Å². The van der Waals surface area contributed by atoms with Crippen molar-refractivity contribution < 1.29 is 27.5 Å². The Bertz CT molecular complexity index is 612. The number of carboxylic acid groups (broad SMARTS) is 1. The van der Waals surface area contributed by atoms with E-state index in [4.69, 9.17) is 5.11 Å². The first kappa shape index (κ1) is 11.5. The van der Waals surface area contributed by atoms with Gasteiger partial charge in [-0.05, 0) is 12.1 Å². The van der Waals surface area contributed by atoms with Crippen LogP contribution in [0.15, 0.2) is 29.2 Å². The van der Waals surface area contributed by atoms with Gasteiger partial charge in [-0.2, -0.15) is 4.31 Å². The molecule has 0 aromatic heterocycles. The van der Waals surface area contributed by atoms with Crippen molar-refractivity contribution in [1.29, 1.82) is 0 Å². The molecule has 1 heterocycles. The van der Waals surface area contributed by atoms with E-state index in [1.165, 1.54) is 18.2 Å². The predicted molar refractivity (Wildman–Crippen MR) is 52.3 cm³/mol. The van der Waals surface area contributed by atoms with Crippen LogP contribution in [0.2, 0.25) is 0 Å². The van der Waals surface area contributed by atoms with Gasteiger partial charge in [0.15, 0.2) is 0 Å². The summed E-state index contributed by atoms with van der Waals surface area (Å²) < 4.78 is 36.5. The Balaban J connectivity index is 2.63. The molecule has 0 spiro atoms. The zero-order valence-corrected chi connectivity index (χ0v) is 9.02. The van der Waals surface area contributed by atoms with Crippen molar-refractivity contribution >= 4 is 21.9 Å². The molecule has 0 saturated carbocycles. The average Bonchev–Trinajstić information content (AvgIpc) is 2.47. The molecule has 0 saturated heterocycles. The normalized spacial score (nSPS) is 18.9. The van der Waals surface area contributed by atoms with E-state index in [9.17, 15) is 22.4 Å². The maximum absolute atomic E-state index is 13.3. The van der Waals surface area contributed by atoms with Gasteiger partial charge in [-0.3, -0.25) is 4.79 Å². The molecule has 90 valence electrons. The number of halogens is 1. The van der Waals surface area contributed by atoms with Gasteiger partial charge in [0.1, 0.15) is 4.90 Å². The van der Waals surface area contributed by atoms with Crippen molar-refractivity contribution in [3.63, 3.8) is 0 Å². The molecule has 1 aliphatic rings. The fraction of sp³-hybridized carbons (Fsp3) is 0.111. The number of aliphatic carboxylic acids is 1. The summed E-state index contributed by atoms with van der Waals surface area (Å²) in [6, 6.07) is 5.09. The molecule has 1 amide bonds. The Hall–Kier alpha value is -1.96. The van der Waals surface area contributed by atoms with E-state index in [1.54, 1.807) is 0 Å². The van der Waals surface area contributed by atoms with Crippen LogP contribution >= 0.6 is 0 Å². The fourth-order valence-corrected chi connectivity index (χ4v) is 3.07. The van der Waals surface area contributed by atoms with Gasteiger partial charge in [0.25, 0.3) is 22.2 Å². The number of sulfonamides is 1. The van der Waals surface area contributed by atoms with Gasteiger partial charge in [0.2, 0.25) is 0 Å². The standard InChI is InChI=1S/C9H6FNO5S/c10-7(9(13)14)11-8(12)5-3-1-2-4-6(5)17(11,15)16/h1-4,7H,(H,13,14). The van der Waals surface area contributed by atoms with Gasteiger partial charge in [0.05, 0.1) is 5.56 Å². The number of rotatable bonds is 2. The number of nitrogens with zero attached hydrogens (tertiary/aromatic N) is 1. The fourth-order valence-electron chi connectivity index (χ4n) is 1.53. The molecular weight excluding hydrogens is 253 g/mol. The quantitative estimate of drug-likeness (QED) is 0.766. The maximum atomic E-state index is 13.3. The van der Waals surface area contributed by atoms with Crippen molar-refractivity contribution in [2.24, 2.45) is 0 Å². The number of amides is 1. The van der Waals surface area contributed by atoms with Crippen LogP contribution in [0.1, 0.15) is 10.4 Å². The van der Waals surface area contributed by atoms with Crippen molar-refractivity contribution in [3.8, 4) is 0 Å². The number of hydrogen-bond acceptors (Lipinski definition) is 4. The molecule has 8 heteroatoms. The van der Waals surface area contributed by atoms with E-state index in [2.05, 4.69) is 0 Å². The van der Waals surface area contributed by atoms with Crippen LogP contribution in [0.3, 0.4) is 0 Å². The molecular formula is C9H6FNO5S. The highest BCUT2D eigenvalue weighted by atomic mass is 32.2. The van der Waals surface area contributed by atoms with Crippen LogP contribution < -0.4 is 0 Å². The monoisotopic (exact) mass is 259 g/mol. The number of carbonyl (C=O) groups excluding carboxylic acids is 1. The Morgan fingerprint density at radius 1 is 1.35 bits per heavy atom. The second kappa shape index (κ2) is 3.52. The summed E-state index contributed by atoms with van der Waals surface area (Å²) >= 11 is 0. The molecule has 0 bridgehead atoms. The molecule has 6 nitrogen and oxygen atoms in total. The van der Waals surface area contributed by atoms with Crippen LogP contribution in [-0.2, 0) is 14.8 Å². The summed E-state index contributed by atoms with van der Waals surface area (Å²) in [5.74, 6) is -3.20. The Labute approximate surface area is 95.3 Å². The zero-order chi connectivity index (χ0) is 12.8. The van der Waals surface area contributed by atoms with E-state index >= 15 is 0 Å². The molecule has 1 aromatic carbocycles. The minimum Gasteiger partial charge on any atom is -0.478 e. The van der Waals surface area contributed by atoms with E-state index in [-0.39, 0.29) is 14.8 Å². The lowest BCUT2D eigenvalue weighted by Crippen LogP contribution is -2.41. The van der Waals surface area contributed by atoms with Crippen molar-refractivity contribution in [3.05, 3.63) is 29.8 Å². The van der Waals surface area contributed by atoms with Crippen LogP contribution in [0.25, 0.3) is 0 Å². The first-order valence-electron chi connectivity index (χ1n) is 4.42. The summed E-state index contributed by atoms with van der Waals surface area (Å²) in [5.41, 5.74) is -0.226. The smallest absolute Gasteiger partial charge is 0.360 e. The predicted octanol–water partition coefficient (Wildman–Crippen LogP) is 0.211. The van der Waals surface area contributed by atoms with Gasteiger partial charge in [-0.25, -0.2) is 17.6 Å². The maximum Gasteiger partial charge on any atom is 0.360 e. The summed E-state index contributed by atoms with van der Waals surface area (Å²) in [6.07, 6.45) is -2.92.